The van der Waals surface area contributed by atoms with Crippen LogP contribution in [0.1, 0.15) is 33.6 Å². The van der Waals surface area contributed by atoms with Crippen molar-refractivity contribution in [2.45, 2.75) is 33.6 Å². The minimum absolute atomic E-state index is 0.254. The fourth-order valence-electron chi connectivity index (χ4n) is 2.04. The molecule has 1 aliphatic rings. The molecule has 0 aromatic heterocycles. The molecule has 0 aromatic rings. The van der Waals surface area contributed by atoms with E-state index in [0.29, 0.717) is 0 Å². The lowest BCUT2D eigenvalue weighted by atomic mass is 9.83. The van der Waals surface area contributed by atoms with Gasteiger partial charge in [0.2, 0.25) is 0 Å². The Hall–Kier alpha value is -0.570. The standard InChI is InChI=1S/C12H24N2O/c1-5-12(3,6-2)11-13-7-8-14(11)9-10-15-4/h5-10H2,1-4H3. The molecule has 0 bridgehead atoms. The minimum Gasteiger partial charge on any atom is -0.383 e. The Balaban J connectivity index is 2.66. The number of hydrogen-bond acceptors (Lipinski definition) is 3. The molecule has 3 heteroatoms. The molecule has 0 amide bonds. The van der Waals surface area contributed by atoms with Gasteiger partial charge in [-0.2, -0.15) is 0 Å². The van der Waals surface area contributed by atoms with Crippen molar-refractivity contribution in [2.24, 2.45) is 10.4 Å². The summed E-state index contributed by atoms with van der Waals surface area (Å²) in [7, 11) is 1.76. The van der Waals surface area contributed by atoms with Gasteiger partial charge < -0.3 is 9.64 Å². The van der Waals surface area contributed by atoms with Gasteiger partial charge in [-0.3, -0.25) is 4.99 Å². The van der Waals surface area contributed by atoms with E-state index in [1.54, 1.807) is 7.11 Å². The molecule has 0 fully saturated rings. The summed E-state index contributed by atoms with van der Waals surface area (Å²) < 4.78 is 5.14. The minimum atomic E-state index is 0.254. The van der Waals surface area contributed by atoms with E-state index in [-0.39, 0.29) is 5.41 Å². The van der Waals surface area contributed by atoms with Crippen molar-refractivity contribution < 1.29 is 4.74 Å². The third kappa shape index (κ3) is 2.71. The molecular weight excluding hydrogens is 188 g/mol. The molecule has 0 atom stereocenters. The van der Waals surface area contributed by atoms with Crippen molar-refractivity contribution in [2.75, 3.05) is 33.4 Å². The van der Waals surface area contributed by atoms with Gasteiger partial charge in [-0.05, 0) is 12.8 Å². The second-order valence-electron chi connectivity index (χ2n) is 4.45. The molecule has 15 heavy (non-hydrogen) atoms. The Kier molecular flexibility index (Phi) is 4.58. The Morgan fingerprint density at radius 3 is 2.60 bits per heavy atom. The second-order valence-corrected chi connectivity index (χ2v) is 4.45. The maximum atomic E-state index is 5.14. The molecule has 0 unspecified atom stereocenters. The van der Waals surface area contributed by atoms with Gasteiger partial charge in [0.1, 0.15) is 5.84 Å². The lowest BCUT2D eigenvalue weighted by Crippen LogP contribution is -2.41. The number of methoxy groups -OCH3 is 1. The summed E-state index contributed by atoms with van der Waals surface area (Å²) in [6.45, 7) is 10.6. The summed E-state index contributed by atoms with van der Waals surface area (Å²) in [6, 6.07) is 0. The molecule has 1 heterocycles. The third-order valence-electron chi connectivity index (χ3n) is 3.60. The number of rotatable bonds is 6. The predicted octanol–water partition coefficient (Wildman–Crippen LogP) is 2.17. The second kappa shape index (κ2) is 5.50. The van der Waals surface area contributed by atoms with Crippen molar-refractivity contribution in [3.63, 3.8) is 0 Å². The molecule has 0 radical (unpaired) electrons. The first kappa shape index (κ1) is 12.5. The molecule has 0 N–H and O–H groups in total. The Labute approximate surface area is 93.5 Å². The lowest BCUT2D eigenvalue weighted by molar-refractivity contribution is 0.175. The van der Waals surface area contributed by atoms with Crippen LogP contribution in [-0.2, 0) is 4.74 Å². The Bertz CT molecular complexity index is 222. The quantitative estimate of drug-likeness (QED) is 0.674. The van der Waals surface area contributed by atoms with Gasteiger partial charge in [-0.25, -0.2) is 0 Å². The molecule has 3 nitrogen and oxygen atoms in total. The topological polar surface area (TPSA) is 24.8 Å². The normalized spacial score (nSPS) is 17.1. The van der Waals surface area contributed by atoms with Gasteiger partial charge in [-0.15, -0.1) is 0 Å². The maximum Gasteiger partial charge on any atom is 0.105 e. The van der Waals surface area contributed by atoms with Gasteiger partial charge >= 0.3 is 0 Å². The van der Waals surface area contributed by atoms with Gasteiger partial charge in [0.25, 0.3) is 0 Å². The predicted molar refractivity (Wildman–Crippen MR) is 64.4 cm³/mol. The van der Waals surface area contributed by atoms with E-state index in [9.17, 15) is 0 Å². The monoisotopic (exact) mass is 212 g/mol. The van der Waals surface area contributed by atoms with E-state index in [0.717, 1.165) is 39.1 Å². The zero-order valence-corrected chi connectivity index (χ0v) is 10.5. The lowest BCUT2D eigenvalue weighted by Gasteiger charge is -2.33. The third-order valence-corrected chi connectivity index (χ3v) is 3.60. The van der Waals surface area contributed by atoms with Crippen molar-refractivity contribution in [3.05, 3.63) is 0 Å². The van der Waals surface area contributed by atoms with Crippen LogP contribution in [-0.4, -0.2) is 44.1 Å². The number of amidine groups is 1. The highest BCUT2D eigenvalue weighted by atomic mass is 16.5. The maximum absolute atomic E-state index is 5.14. The molecular formula is C12H24N2O. The highest BCUT2D eigenvalue weighted by molar-refractivity contribution is 5.89. The van der Waals surface area contributed by atoms with Crippen molar-refractivity contribution in [1.29, 1.82) is 0 Å². The van der Waals surface area contributed by atoms with E-state index in [2.05, 4.69) is 30.7 Å². The molecule has 1 rings (SSSR count). The largest absolute Gasteiger partial charge is 0.383 e. The molecule has 0 spiro atoms. The molecule has 0 aromatic carbocycles. The summed E-state index contributed by atoms with van der Waals surface area (Å²) in [5.74, 6) is 1.30. The summed E-state index contributed by atoms with van der Waals surface area (Å²) in [4.78, 5) is 7.06. The van der Waals surface area contributed by atoms with E-state index >= 15 is 0 Å². The van der Waals surface area contributed by atoms with Crippen LogP contribution >= 0.6 is 0 Å². The summed E-state index contributed by atoms with van der Waals surface area (Å²) in [6.07, 6.45) is 2.32. The average Bonchev–Trinajstić information content (AvgIpc) is 2.74. The van der Waals surface area contributed by atoms with Crippen LogP contribution in [0.15, 0.2) is 4.99 Å². The van der Waals surface area contributed by atoms with Gasteiger partial charge in [0.15, 0.2) is 0 Å². The smallest absolute Gasteiger partial charge is 0.105 e. The highest BCUT2D eigenvalue weighted by Crippen LogP contribution is 2.30. The van der Waals surface area contributed by atoms with Crippen LogP contribution in [0.3, 0.4) is 0 Å². The zero-order valence-electron chi connectivity index (χ0n) is 10.5. The number of aliphatic imine (C=N–C) groups is 1. The first-order valence-corrected chi connectivity index (χ1v) is 5.96. The molecule has 1 aliphatic heterocycles. The summed E-state index contributed by atoms with van der Waals surface area (Å²) in [5, 5.41) is 0. The average molecular weight is 212 g/mol. The van der Waals surface area contributed by atoms with Crippen LogP contribution in [0.4, 0.5) is 0 Å². The van der Waals surface area contributed by atoms with E-state index in [1.807, 2.05) is 0 Å². The molecule has 0 saturated carbocycles. The fourth-order valence-corrected chi connectivity index (χ4v) is 2.04. The van der Waals surface area contributed by atoms with E-state index in [4.69, 9.17) is 4.74 Å². The number of hydrogen-bond donors (Lipinski definition) is 0. The molecule has 0 saturated heterocycles. The van der Waals surface area contributed by atoms with Crippen LogP contribution in [0, 0.1) is 5.41 Å². The summed E-state index contributed by atoms with van der Waals surface area (Å²) in [5.41, 5.74) is 0.254. The van der Waals surface area contributed by atoms with Crippen LogP contribution in [0.25, 0.3) is 0 Å². The molecule has 88 valence electrons. The zero-order chi connectivity index (χ0) is 11.3. The van der Waals surface area contributed by atoms with Gasteiger partial charge in [0.05, 0.1) is 13.2 Å². The van der Waals surface area contributed by atoms with Crippen molar-refractivity contribution in [1.82, 2.24) is 4.90 Å². The van der Waals surface area contributed by atoms with E-state index in [1.165, 1.54) is 5.84 Å². The van der Waals surface area contributed by atoms with E-state index < -0.39 is 0 Å². The summed E-state index contributed by atoms with van der Waals surface area (Å²) >= 11 is 0. The Morgan fingerprint density at radius 1 is 1.40 bits per heavy atom. The number of nitrogens with zero attached hydrogens (tertiary/aromatic N) is 2. The van der Waals surface area contributed by atoms with Crippen LogP contribution in [0.2, 0.25) is 0 Å². The SMILES string of the molecule is CCC(C)(CC)C1=NCCN1CCOC. The highest BCUT2D eigenvalue weighted by Gasteiger charge is 2.32. The van der Waals surface area contributed by atoms with Crippen LogP contribution in [0.5, 0.6) is 0 Å². The van der Waals surface area contributed by atoms with Gasteiger partial charge in [-0.1, -0.05) is 20.8 Å². The first-order valence-electron chi connectivity index (χ1n) is 5.96. The van der Waals surface area contributed by atoms with Crippen molar-refractivity contribution in [3.8, 4) is 0 Å². The van der Waals surface area contributed by atoms with Crippen LogP contribution < -0.4 is 0 Å². The molecule has 0 aliphatic carbocycles. The number of ether oxygens (including phenoxy) is 1. The van der Waals surface area contributed by atoms with Gasteiger partial charge in [0, 0.05) is 25.6 Å². The Morgan fingerprint density at radius 2 is 2.07 bits per heavy atom. The first-order chi connectivity index (χ1) is 7.18. The fraction of sp³-hybridized carbons (Fsp3) is 0.917. The van der Waals surface area contributed by atoms with Crippen molar-refractivity contribution >= 4 is 5.84 Å².